The molecular weight excluding hydrogens is 352 g/mol. The Balaban J connectivity index is 2.13. The third-order valence-corrected chi connectivity index (χ3v) is 4.78. The van der Waals surface area contributed by atoms with Crippen LogP contribution >= 0.6 is 27.3 Å². The molecule has 1 heterocycles. The molecule has 6 heteroatoms. The highest BCUT2D eigenvalue weighted by Crippen LogP contribution is 2.24. The molecule has 0 saturated heterocycles. The molecule has 1 aromatic carbocycles. The summed E-state index contributed by atoms with van der Waals surface area (Å²) >= 11 is 5.01. The van der Waals surface area contributed by atoms with E-state index in [1.165, 1.54) is 0 Å². The molecular formula is C15H17BrN2O2S. The first-order valence-corrected chi connectivity index (χ1v) is 8.31. The molecule has 0 saturated carbocycles. The Kier molecular flexibility index (Phi) is 5.36. The number of amides is 1. The van der Waals surface area contributed by atoms with Crippen molar-refractivity contribution in [1.82, 2.24) is 10.3 Å². The number of aromatic nitrogens is 1. The van der Waals surface area contributed by atoms with E-state index in [1.807, 2.05) is 12.3 Å². The Morgan fingerprint density at radius 1 is 1.52 bits per heavy atom. The van der Waals surface area contributed by atoms with Crippen molar-refractivity contribution in [3.63, 3.8) is 0 Å². The monoisotopic (exact) mass is 368 g/mol. The highest BCUT2D eigenvalue weighted by atomic mass is 79.9. The van der Waals surface area contributed by atoms with Crippen molar-refractivity contribution in [2.75, 3.05) is 7.11 Å². The van der Waals surface area contributed by atoms with Crippen molar-refractivity contribution in [2.24, 2.45) is 0 Å². The van der Waals surface area contributed by atoms with Crippen molar-refractivity contribution < 1.29 is 9.53 Å². The average molecular weight is 369 g/mol. The second kappa shape index (κ2) is 7.04. The number of carbonyl (C=O) groups excluding carboxylic acids is 1. The van der Waals surface area contributed by atoms with Crippen molar-refractivity contribution in [1.29, 1.82) is 0 Å². The van der Waals surface area contributed by atoms with Crippen LogP contribution in [0.1, 0.15) is 40.9 Å². The van der Waals surface area contributed by atoms with E-state index >= 15 is 0 Å². The Morgan fingerprint density at radius 3 is 2.90 bits per heavy atom. The van der Waals surface area contributed by atoms with E-state index in [1.54, 1.807) is 36.6 Å². The molecule has 1 amide bonds. The van der Waals surface area contributed by atoms with Gasteiger partial charge in [-0.25, -0.2) is 4.98 Å². The van der Waals surface area contributed by atoms with Crippen LogP contribution in [-0.2, 0) is 6.42 Å². The van der Waals surface area contributed by atoms with E-state index in [4.69, 9.17) is 4.74 Å². The first-order valence-electron chi connectivity index (χ1n) is 6.63. The van der Waals surface area contributed by atoms with Crippen LogP contribution in [0.5, 0.6) is 5.75 Å². The molecule has 2 aromatic rings. The molecule has 1 N–H and O–H groups in total. The highest BCUT2D eigenvalue weighted by Gasteiger charge is 2.16. The second-order valence-corrected chi connectivity index (χ2v) is 6.36. The lowest BCUT2D eigenvalue weighted by Gasteiger charge is -2.13. The zero-order chi connectivity index (χ0) is 15.4. The van der Waals surface area contributed by atoms with Crippen LogP contribution in [0.15, 0.2) is 28.1 Å². The van der Waals surface area contributed by atoms with E-state index in [-0.39, 0.29) is 11.9 Å². The molecule has 2 rings (SSSR count). The van der Waals surface area contributed by atoms with Crippen molar-refractivity contribution in [3.8, 4) is 5.75 Å². The van der Waals surface area contributed by atoms with Gasteiger partial charge in [0.2, 0.25) is 0 Å². The number of carbonyl (C=O) groups is 1. The smallest absolute Gasteiger partial charge is 0.253 e. The van der Waals surface area contributed by atoms with E-state index in [0.29, 0.717) is 11.3 Å². The van der Waals surface area contributed by atoms with Gasteiger partial charge in [-0.3, -0.25) is 4.79 Å². The first kappa shape index (κ1) is 16.0. The predicted octanol–water partition coefficient (Wildman–Crippen LogP) is 3.97. The molecule has 1 unspecified atom stereocenters. The summed E-state index contributed by atoms with van der Waals surface area (Å²) < 4.78 is 5.89. The van der Waals surface area contributed by atoms with Gasteiger partial charge < -0.3 is 10.1 Å². The van der Waals surface area contributed by atoms with Crippen molar-refractivity contribution in [2.45, 2.75) is 26.3 Å². The third-order valence-electron chi connectivity index (χ3n) is 3.08. The summed E-state index contributed by atoms with van der Waals surface area (Å²) in [5, 5.41) is 6.03. The van der Waals surface area contributed by atoms with E-state index in [0.717, 1.165) is 21.6 Å². The van der Waals surface area contributed by atoms with Gasteiger partial charge in [0.15, 0.2) is 0 Å². The normalized spacial score (nSPS) is 12.0. The van der Waals surface area contributed by atoms with E-state index in [2.05, 4.69) is 33.2 Å². The summed E-state index contributed by atoms with van der Waals surface area (Å²) in [7, 11) is 1.58. The summed E-state index contributed by atoms with van der Waals surface area (Å²) in [6, 6.07) is 5.19. The van der Waals surface area contributed by atoms with Crippen LogP contribution < -0.4 is 10.1 Å². The van der Waals surface area contributed by atoms with Crippen LogP contribution in [0, 0.1) is 0 Å². The third kappa shape index (κ3) is 3.83. The van der Waals surface area contributed by atoms with Gasteiger partial charge in [0.05, 0.1) is 29.4 Å². The number of hydrogen-bond acceptors (Lipinski definition) is 4. The number of thiazole rings is 1. The number of hydrogen-bond donors (Lipinski definition) is 1. The molecule has 0 fully saturated rings. The van der Waals surface area contributed by atoms with Gasteiger partial charge >= 0.3 is 0 Å². The number of benzene rings is 1. The molecule has 0 radical (unpaired) electrons. The lowest BCUT2D eigenvalue weighted by atomic mass is 10.1. The minimum absolute atomic E-state index is 0.132. The highest BCUT2D eigenvalue weighted by molar-refractivity contribution is 9.10. The molecule has 0 bridgehead atoms. The van der Waals surface area contributed by atoms with Gasteiger partial charge in [-0.1, -0.05) is 6.92 Å². The van der Waals surface area contributed by atoms with E-state index in [9.17, 15) is 4.79 Å². The molecule has 4 nitrogen and oxygen atoms in total. The maximum Gasteiger partial charge on any atom is 0.253 e. The Labute approximate surface area is 136 Å². The quantitative estimate of drug-likeness (QED) is 0.868. The fourth-order valence-electron chi connectivity index (χ4n) is 1.84. The molecule has 0 aliphatic carbocycles. The predicted molar refractivity (Wildman–Crippen MR) is 88.1 cm³/mol. The molecule has 0 aliphatic rings. The summed E-state index contributed by atoms with van der Waals surface area (Å²) in [6.45, 7) is 4.00. The average Bonchev–Trinajstić information content (AvgIpc) is 2.96. The molecule has 0 aliphatic heterocycles. The number of methoxy groups -OCH3 is 1. The lowest BCUT2D eigenvalue weighted by molar-refractivity contribution is 0.0938. The zero-order valence-corrected chi connectivity index (χ0v) is 14.5. The maximum absolute atomic E-state index is 12.4. The van der Waals surface area contributed by atoms with Crippen LogP contribution in [-0.4, -0.2) is 18.0 Å². The van der Waals surface area contributed by atoms with Crippen LogP contribution in [0.2, 0.25) is 0 Å². The number of halogens is 1. The summed E-state index contributed by atoms with van der Waals surface area (Å²) in [5.41, 5.74) is 1.44. The van der Waals surface area contributed by atoms with Gasteiger partial charge in [-0.15, -0.1) is 11.3 Å². The van der Waals surface area contributed by atoms with Crippen molar-refractivity contribution >= 4 is 33.2 Å². The number of ether oxygens (including phenoxy) is 1. The van der Waals surface area contributed by atoms with Crippen LogP contribution in [0.3, 0.4) is 0 Å². The van der Waals surface area contributed by atoms with Gasteiger partial charge in [0.1, 0.15) is 5.75 Å². The van der Waals surface area contributed by atoms with Gasteiger partial charge in [0.25, 0.3) is 5.91 Å². The van der Waals surface area contributed by atoms with E-state index < -0.39 is 0 Å². The number of nitrogens with zero attached hydrogens (tertiary/aromatic N) is 1. The molecule has 21 heavy (non-hydrogen) atoms. The van der Waals surface area contributed by atoms with Gasteiger partial charge in [-0.05, 0) is 47.5 Å². The van der Waals surface area contributed by atoms with Gasteiger partial charge in [-0.2, -0.15) is 0 Å². The topological polar surface area (TPSA) is 51.2 Å². The summed E-state index contributed by atoms with van der Waals surface area (Å²) in [5.74, 6) is 0.497. The maximum atomic E-state index is 12.4. The van der Waals surface area contributed by atoms with Crippen LogP contribution in [0.4, 0.5) is 0 Å². The molecule has 0 spiro atoms. The minimum atomic E-state index is -0.153. The fourth-order valence-corrected chi connectivity index (χ4v) is 3.11. The Morgan fingerprint density at radius 2 is 2.29 bits per heavy atom. The Bertz CT molecular complexity index is 642. The Hall–Kier alpha value is -1.40. The number of aryl methyl sites for hydroxylation is 1. The first-order chi connectivity index (χ1) is 10.0. The second-order valence-electron chi connectivity index (χ2n) is 4.56. The van der Waals surface area contributed by atoms with Crippen molar-refractivity contribution in [3.05, 3.63) is 44.3 Å². The molecule has 1 aromatic heterocycles. The van der Waals surface area contributed by atoms with Gasteiger partial charge in [0, 0.05) is 9.85 Å². The van der Waals surface area contributed by atoms with Crippen LogP contribution in [0.25, 0.3) is 0 Å². The summed E-state index contributed by atoms with van der Waals surface area (Å²) in [6.07, 6.45) is 0.909. The minimum Gasteiger partial charge on any atom is -0.497 e. The fraction of sp³-hybridized carbons (Fsp3) is 0.333. The lowest BCUT2D eigenvalue weighted by Crippen LogP contribution is -2.27. The molecule has 1 atom stereocenters. The standard InChI is InChI=1S/C15H17BrN2O2S/c1-4-14-18-13(8-21-14)9(2)17-15(19)11-7-10(20-3)5-6-12(11)16/h5-9H,4H2,1-3H3,(H,17,19). The summed E-state index contributed by atoms with van der Waals surface area (Å²) in [4.78, 5) is 16.9. The largest absolute Gasteiger partial charge is 0.497 e. The number of nitrogens with one attached hydrogen (secondary N) is 1. The zero-order valence-electron chi connectivity index (χ0n) is 12.1. The molecule has 112 valence electrons. The SMILES string of the molecule is CCc1nc(C(C)NC(=O)c2cc(OC)ccc2Br)cs1. The number of rotatable bonds is 5.